The van der Waals surface area contributed by atoms with E-state index in [1.807, 2.05) is 45.0 Å². The maximum atomic E-state index is 13.8. The van der Waals surface area contributed by atoms with Crippen molar-refractivity contribution in [3.05, 3.63) is 48.7 Å². The van der Waals surface area contributed by atoms with E-state index in [4.69, 9.17) is 10.2 Å². The molecule has 0 radical (unpaired) electrons. The number of likely N-dealkylation sites (tertiary alicyclic amines) is 1. The Balaban J connectivity index is 1.08. The molecule has 3 aliphatic heterocycles. The first-order chi connectivity index (χ1) is 19.0. The van der Waals surface area contributed by atoms with Crippen molar-refractivity contribution in [1.82, 2.24) is 34.4 Å². The minimum Gasteiger partial charge on any atom is -0.461 e. The third-order valence-electron chi connectivity index (χ3n) is 7.81. The molecule has 0 aliphatic carbocycles. The van der Waals surface area contributed by atoms with Crippen molar-refractivity contribution >= 4 is 35.3 Å². The normalized spacial score (nSPS) is 22.6. The number of hydrogen-bond acceptors (Lipinski definition) is 9. The Morgan fingerprint density at radius 3 is 2.51 bits per heavy atom. The van der Waals surface area contributed by atoms with E-state index in [2.05, 4.69) is 25.4 Å². The van der Waals surface area contributed by atoms with Crippen LogP contribution in [0.3, 0.4) is 0 Å². The number of furan rings is 1. The topological polar surface area (TPSA) is 151 Å². The molecule has 3 aromatic heterocycles. The number of carbonyl (C=O) groups is 2. The molecule has 39 heavy (non-hydrogen) atoms. The zero-order chi connectivity index (χ0) is 26.5. The maximum absolute atomic E-state index is 13.8. The Morgan fingerprint density at radius 1 is 0.974 bits per heavy atom. The van der Waals surface area contributed by atoms with E-state index in [0.717, 1.165) is 24.9 Å². The molecule has 200 valence electrons. The van der Waals surface area contributed by atoms with Crippen LogP contribution in [0.15, 0.2) is 53.1 Å². The van der Waals surface area contributed by atoms with E-state index in [9.17, 15) is 9.59 Å². The molecule has 7 rings (SSSR count). The van der Waals surface area contributed by atoms with Gasteiger partial charge in [-0.15, -0.1) is 5.10 Å². The first-order valence-electron chi connectivity index (χ1n) is 13.2. The van der Waals surface area contributed by atoms with Crippen molar-refractivity contribution in [3.8, 4) is 11.6 Å². The van der Waals surface area contributed by atoms with E-state index < -0.39 is 6.04 Å². The summed E-state index contributed by atoms with van der Waals surface area (Å²) >= 11 is 0. The van der Waals surface area contributed by atoms with Crippen molar-refractivity contribution in [2.45, 2.75) is 43.8 Å². The Labute approximate surface area is 223 Å². The molecule has 13 heteroatoms. The number of amides is 3. The predicted molar refractivity (Wildman–Crippen MR) is 142 cm³/mol. The quantitative estimate of drug-likeness (QED) is 0.406. The summed E-state index contributed by atoms with van der Waals surface area (Å²) in [5.74, 6) is 1.68. The number of aromatic nitrogens is 5. The van der Waals surface area contributed by atoms with E-state index in [1.165, 1.54) is 4.52 Å². The fraction of sp³-hybridized carbons (Fsp3) is 0.385. The fourth-order valence-electron chi connectivity index (χ4n) is 6.03. The SMILES string of the molecule is Nc1nc(N2CCC[C@H]2C(=O)N2CC3CCC(C2)N3C(=O)Nc2ccccc2)nc2nc(-c3ccco3)nn12. The van der Waals surface area contributed by atoms with Crippen LogP contribution in [0.4, 0.5) is 22.4 Å². The van der Waals surface area contributed by atoms with Gasteiger partial charge in [-0.05, 0) is 49.9 Å². The molecule has 3 fully saturated rings. The summed E-state index contributed by atoms with van der Waals surface area (Å²) in [5.41, 5.74) is 6.98. The molecular formula is C26H28N10O3. The highest BCUT2D eigenvalue weighted by Gasteiger charge is 2.46. The summed E-state index contributed by atoms with van der Waals surface area (Å²) < 4.78 is 6.76. The van der Waals surface area contributed by atoms with Crippen LogP contribution in [0.1, 0.15) is 25.7 Å². The molecule has 0 saturated carbocycles. The smallest absolute Gasteiger partial charge is 0.322 e. The van der Waals surface area contributed by atoms with Gasteiger partial charge in [-0.2, -0.15) is 19.5 Å². The Hall–Kier alpha value is -4.68. The second-order valence-electron chi connectivity index (χ2n) is 10.2. The van der Waals surface area contributed by atoms with Crippen LogP contribution in [-0.2, 0) is 4.79 Å². The first kappa shape index (κ1) is 23.4. The molecule has 3 amide bonds. The number of anilines is 3. The standard InChI is InChI=1S/C26H28N10O3/c27-23-30-24(31-25-29-21(32-36(23)25)20-9-5-13-39-20)34-12-4-8-19(34)22(37)33-14-17-10-11-18(15-33)35(17)26(38)28-16-6-2-1-3-7-16/h1-3,5-7,9,13,17-19H,4,8,10-12,14-15H2,(H,28,38)(H2,27,29,30,31,32)/t17?,18?,19-/m0/s1. The van der Waals surface area contributed by atoms with Crippen molar-refractivity contribution < 1.29 is 14.0 Å². The molecule has 3 atom stereocenters. The van der Waals surface area contributed by atoms with Gasteiger partial charge in [0.05, 0.1) is 18.3 Å². The highest BCUT2D eigenvalue weighted by molar-refractivity contribution is 5.91. The molecule has 1 aromatic carbocycles. The average Bonchev–Trinajstić information content (AvgIpc) is 3.74. The van der Waals surface area contributed by atoms with Crippen LogP contribution in [0.2, 0.25) is 0 Å². The summed E-state index contributed by atoms with van der Waals surface area (Å²) in [6.07, 6.45) is 4.84. The lowest BCUT2D eigenvalue weighted by atomic mass is 10.1. The number of nitrogen functional groups attached to an aromatic ring is 1. The Bertz CT molecular complexity index is 1510. The van der Waals surface area contributed by atoms with Crippen LogP contribution in [0, 0.1) is 0 Å². The highest BCUT2D eigenvalue weighted by atomic mass is 16.3. The van der Waals surface area contributed by atoms with Crippen molar-refractivity contribution in [2.24, 2.45) is 0 Å². The number of carbonyl (C=O) groups excluding carboxylic acids is 2. The van der Waals surface area contributed by atoms with Gasteiger partial charge < -0.3 is 30.2 Å². The monoisotopic (exact) mass is 528 g/mol. The number of hydrogen-bond donors (Lipinski definition) is 2. The lowest BCUT2D eigenvalue weighted by Gasteiger charge is -2.42. The summed E-state index contributed by atoms with van der Waals surface area (Å²) in [7, 11) is 0. The number of para-hydroxylation sites is 1. The van der Waals surface area contributed by atoms with E-state index in [0.29, 0.717) is 43.6 Å². The second-order valence-corrected chi connectivity index (χ2v) is 10.2. The fourth-order valence-corrected chi connectivity index (χ4v) is 6.03. The number of urea groups is 1. The molecule has 13 nitrogen and oxygen atoms in total. The minimum atomic E-state index is -0.400. The van der Waals surface area contributed by atoms with Gasteiger partial charge in [-0.3, -0.25) is 4.79 Å². The van der Waals surface area contributed by atoms with E-state index in [1.54, 1.807) is 18.4 Å². The van der Waals surface area contributed by atoms with Gasteiger partial charge in [0.15, 0.2) is 5.76 Å². The largest absolute Gasteiger partial charge is 0.461 e. The predicted octanol–water partition coefficient (Wildman–Crippen LogP) is 2.24. The van der Waals surface area contributed by atoms with E-state index >= 15 is 0 Å². The van der Waals surface area contributed by atoms with Gasteiger partial charge in [0.25, 0.3) is 5.78 Å². The summed E-state index contributed by atoms with van der Waals surface area (Å²) in [6.45, 7) is 1.67. The molecule has 4 aromatic rings. The van der Waals surface area contributed by atoms with Crippen molar-refractivity contribution in [2.75, 3.05) is 35.6 Å². The molecule has 3 saturated heterocycles. The number of nitrogens with one attached hydrogen (secondary N) is 1. The van der Waals surface area contributed by atoms with Gasteiger partial charge in [-0.25, -0.2) is 4.79 Å². The molecule has 2 bridgehead atoms. The number of benzene rings is 1. The highest BCUT2D eigenvalue weighted by Crippen LogP contribution is 2.33. The first-order valence-corrected chi connectivity index (χ1v) is 13.2. The van der Waals surface area contributed by atoms with Crippen LogP contribution in [0.5, 0.6) is 0 Å². The van der Waals surface area contributed by atoms with Gasteiger partial charge in [0.2, 0.25) is 23.6 Å². The molecule has 3 N–H and O–H groups in total. The maximum Gasteiger partial charge on any atom is 0.322 e. The van der Waals surface area contributed by atoms with Crippen molar-refractivity contribution in [1.29, 1.82) is 0 Å². The summed E-state index contributed by atoms with van der Waals surface area (Å²) in [4.78, 5) is 46.1. The van der Waals surface area contributed by atoms with E-state index in [-0.39, 0.29) is 35.7 Å². The average molecular weight is 529 g/mol. The summed E-state index contributed by atoms with van der Waals surface area (Å²) in [5, 5.41) is 7.35. The number of fused-ring (bicyclic) bond motifs is 3. The zero-order valence-corrected chi connectivity index (χ0v) is 21.2. The van der Waals surface area contributed by atoms with Crippen LogP contribution >= 0.6 is 0 Å². The van der Waals surface area contributed by atoms with Gasteiger partial charge >= 0.3 is 6.03 Å². The van der Waals surface area contributed by atoms with Gasteiger partial charge in [0.1, 0.15) is 6.04 Å². The van der Waals surface area contributed by atoms with Crippen LogP contribution < -0.4 is 16.0 Å². The number of rotatable bonds is 4. The minimum absolute atomic E-state index is 0.00877. The number of nitrogens with two attached hydrogens (primary N) is 1. The molecule has 3 aliphatic rings. The molecule has 6 heterocycles. The summed E-state index contributed by atoms with van der Waals surface area (Å²) in [6, 6.07) is 12.4. The van der Waals surface area contributed by atoms with Crippen LogP contribution in [0.25, 0.3) is 17.4 Å². The van der Waals surface area contributed by atoms with Crippen molar-refractivity contribution in [3.63, 3.8) is 0 Å². The molecule has 0 spiro atoms. The Morgan fingerprint density at radius 2 is 1.77 bits per heavy atom. The lowest BCUT2D eigenvalue weighted by Crippen LogP contribution is -2.60. The molecule has 2 unspecified atom stereocenters. The van der Waals surface area contributed by atoms with Crippen LogP contribution in [-0.4, -0.2) is 84.1 Å². The molecular weight excluding hydrogens is 500 g/mol. The third kappa shape index (κ3) is 4.10. The van der Waals surface area contributed by atoms with Gasteiger partial charge in [0, 0.05) is 25.3 Å². The Kier molecular flexibility index (Phi) is 5.56. The number of piperazine rings is 1. The zero-order valence-electron chi connectivity index (χ0n) is 21.2. The second kappa shape index (κ2) is 9.26. The lowest BCUT2D eigenvalue weighted by molar-refractivity contribution is -0.135. The van der Waals surface area contributed by atoms with Gasteiger partial charge in [-0.1, -0.05) is 18.2 Å². The number of nitrogens with zero attached hydrogens (tertiary/aromatic N) is 8. The third-order valence-corrected chi connectivity index (χ3v) is 7.81.